The number of pyridine rings is 1. The number of halogens is 2. The predicted octanol–water partition coefficient (Wildman–Crippen LogP) is 3.12. The Hall–Kier alpha value is -2.55. The zero-order chi connectivity index (χ0) is 15.6. The SMILES string of the molecule is O=C(O)c1ccc(Sc2c(F)cc([N+](=O)[O-])cc2F)nc1. The zero-order valence-corrected chi connectivity index (χ0v) is 10.9. The summed E-state index contributed by atoms with van der Waals surface area (Å²) in [6.07, 6.45) is 1.05. The average Bonchev–Trinajstić information content (AvgIpc) is 2.43. The highest BCUT2D eigenvalue weighted by molar-refractivity contribution is 7.99. The van der Waals surface area contributed by atoms with Crippen LogP contribution in [0.5, 0.6) is 0 Å². The summed E-state index contributed by atoms with van der Waals surface area (Å²) in [6, 6.07) is 3.74. The Labute approximate surface area is 120 Å². The normalized spacial score (nSPS) is 10.4. The first-order valence-electron chi connectivity index (χ1n) is 5.39. The molecule has 0 saturated carbocycles. The molecule has 21 heavy (non-hydrogen) atoms. The molecule has 0 bridgehead atoms. The molecule has 0 spiro atoms. The topological polar surface area (TPSA) is 93.3 Å². The van der Waals surface area contributed by atoms with E-state index >= 15 is 0 Å². The van der Waals surface area contributed by atoms with Crippen molar-refractivity contribution in [1.82, 2.24) is 4.98 Å². The Morgan fingerprint density at radius 2 is 1.90 bits per heavy atom. The molecule has 6 nitrogen and oxygen atoms in total. The summed E-state index contributed by atoms with van der Waals surface area (Å²) < 4.78 is 27.4. The number of nitrogens with zero attached hydrogens (tertiary/aromatic N) is 2. The maximum Gasteiger partial charge on any atom is 0.337 e. The molecule has 9 heteroatoms. The van der Waals surface area contributed by atoms with Crippen molar-refractivity contribution < 1.29 is 23.6 Å². The quantitative estimate of drug-likeness (QED) is 0.688. The molecule has 2 rings (SSSR count). The Morgan fingerprint density at radius 1 is 1.29 bits per heavy atom. The van der Waals surface area contributed by atoms with Gasteiger partial charge in [0.1, 0.15) is 16.7 Å². The van der Waals surface area contributed by atoms with Gasteiger partial charge in [-0.25, -0.2) is 18.6 Å². The number of carboxylic acids is 1. The van der Waals surface area contributed by atoms with Crippen LogP contribution in [0, 0.1) is 21.7 Å². The molecule has 0 saturated heterocycles. The second-order valence-corrected chi connectivity index (χ2v) is 4.82. The lowest BCUT2D eigenvalue weighted by atomic mass is 10.3. The second-order valence-electron chi connectivity index (χ2n) is 3.79. The standard InChI is InChI=1S/C12H6F2N2O4S/c13-8-3-7(16(19)20)4-9(14)11(8)21-10-2-1-6(5-15-10)12(17)18/h1-5H,(H,17,18). The molecular weight excluding hydrogens is 306 g/mol. The summed E-state index contributed by atoms with van der Waals surface area (Å²) in [5, 5.41) is 19.3. The lowest BCUT2D eigenvalue weighted by molar-refractivity contribution is -0.385. The number of nitro benzene ring substituents is 1. The van der Waals surface area contributed by atoms with E-state index in [1.54, 1.807) is 0 Å². The molecule has 108 valence electrons. The predicted molar refractivity (Wildman–Crippen MR) is 68.3 cm³/mol. The van der Waals surface area contributed by atoms with Crippen LogP contribution in [-0.4, -0.2) is 21.0 Å². The van der Waals surface area contributed by atoms with Gasteiger partial charge in [0.15, 0.2) is 0 Å². The second kappa shape index (κ2) is 5.83. The van der Waals surface area contributed by atoms with Gasteiger partial charge in [0, 0.05) is 6.20 Å². The van der Waals surface area contributed by atoms with Gasteiger partial charge in [-0.3, -0.25) is 10.1 Å². The van der Waals surface area contributed by atoms with E-state index in [9.17, 15) is 23.7 Å². The van der Waals surface area contributed by atoms with E-state index in [1.165, 1.54) is 12.1 Å². The summed E-state index contributed by atoms with van der Waals surface area (Å²) in [6.45, 7) is 0. The van der Waals surface area contributed by atoms with Crippen LogP contribution in [0.25, 0.3) is 0 Å². The van der Waals surface area contributed by atoms with Gasteiger partial charge < -0.3 is 5.11 Å². The minimum absolute atomic E-state index is 0.0657. The van der Waals surface area contributed by atoms with Gasteiger partial charge in [-0.1, -0.05) is 11.8 Å². The molecule has 0 aliphatic heterocycles. The van der Waals surface area contributed by atoms with Gasteiger partial charge in [0.2, 0.25) is 0 Å². The Kier molecular flexibility index (Phi) is 4.13. The zero-order valence-electron chi connectivity index (χ0n) is 10.1. The number of benzene rings is 1. The number of nitro groups is 1. The van der Waals surface area contributed by atoms with E-state index in [0.717, 1.165) is 6.20 Å². The van der Waals surface area contributed by atoms with Crippen molar-refractivity contribution in [3.63, 3.8) is 0 Å². The average molecular weight is 312 g/mol. The number of aromatic carboxylic acids is 1. The number of hydrogen-bond acceptors (Lipinski definition) is 5. The van der Waals surface area contributed by atoms with Gasteiger partial charge in [0.05, 0.1) is 27.5 Å². The molecule has 0 unspecified atom stereocenters. The van der Waals surface area contributed by atoms with Crippen molar-refractivity contribution in [2.45, 2.75) is 9.92 Å². The van der Waals surface area contributed by atoms with Crippen LogP contribution < -0.4 is 0 Å². The van der Waals surface area contributed by atoms with Gasteiger partial charge >= 0.3 is 5.97 Å². The Bertz CT molecular complexity index is 699. The largest absolute Gasteiger partial charge is 0.478 e. The summed E-state index contributed by atoms with van der Waals surface area (Å²) in [5.74, 6) is -3.35. The van der Waals surface area contributed by atoms with Crippen LogP contribution in [0.4, 0.5) is 14.5 Å². The van der Waals surface area contributed by atoms with E-state index in [0.29, 0.717) is 23.9 Å². The van der Waals surface area contributed by atoms with Gasteiger partial charge in [0.25, 0.3) is 5.69 Å². The molecule has 0 aliphatic rings. The lowest BCUT2D eigenvalue weighted by Crippen LogP contribution is -1.97. The maximum atomic E-state index is 13.7. The van der Waals surface area contributed by atoms with E-state index in [2.05, 4.69) is 4.98 Å². The molecule has 0 radical (unpaired) electrons. The van der Waals surface area contributed by atoms with Crippen molar-refractivity contribution in [2.75, 3.05) is 0 Å². The van der Waals surface area contributed by atoms with Crippen molar-refractivity contribution in [3.8, 4) is 0 Å². The first-order valence-corrected chi connectivity index (χ1v) is 6.21. The van der Waals surface area contributed by atoms with Gasteiger partial charge in [-0.15, -0.1) is 0 Å². The number of aromatic nitrogens is 1. The summed E-state index contributed by atoms with van der Waals surface area (Å²) >= 11 is 0.605. The van der Waals surface area contributed by atoms with E-state index in [4.69, 9.17) is 5.11 Å². The van der Waals surface area contributed by atoms with E-state index in [1.807, 2.05) is 0 Å². The number of non-ortho nitro benzene ring substituents is 1. The summed E-state index contributed by atoms with van der Waals surface area (Å²) in [5.41, 5.74) is -0.757. The highest BCUT2D eigenvalue weighted by Crippen LogP contribution is 2.33. The molecule has 0 atom stereocenters. The van der Waals surface area contributed by atoms with Crippen LogP contribution in [0.2, 0.25) is 0 Å². The first kappa shape index (κ1) is 14.9. The minimum atomic E-state index is -1.17. The Balaban J connectivity index is 2.31. The van der Waals surface area contributed by atoms with Crippen molar-refractivity contribution in [3.05, 3.63) is 57.8 Å². The van der Waals surface area contributed by atoms with Crippen LogP contribution in [0.3, 0.4) is 0 Å². The number of hydrogen-bond donors (Lipinski definition) is 1. The summed E-state index contributed by atoms with van der Waals surface area (Å²) in [4.78, 5) is 23.5. The van der Waals surface area contributed by atoms with Gasteiger partial charge in [-0.2, -0.15) is 0 Å². The van der Waals surface area contributed by atoms with Crippen LogP contribution in [0.1, 0.15) is 10.4 Å². The van der Waals surface area contributed by atoms with Crippen molar-refractivity contribution in [1.29, 1.82) is 0 Å². The molecule has 1 aromatic carbocycles. The van der Waals surface area contributed by atoms with Gasteiger partial charge in [-0.05, 0) is 12.1 Å². The molecule has 1 N–H and O–H groups in total. The third-order valence-corrected chi connectivity index (χ3v) is 3.43. The highest BCUT2D eigenvalue weighted by Gasteiger charge is 2.18. The van der Waals surface area contributed by atoms with E-state index < -0.39 is 33.1 Å². The fourth-order valence-corrected chi connectivity index (χ4v) is 2.18. The van der Waals surface area contributed by atoms with Crippen LogP contribution >= 0.6 is 11.8 Å². The highest BCUT2D eigenvalue weighted by atomic mass is 32.2. The number of rotatable bonds is 4. The first-order chi connectivity index (χ1) is 9.88. The molecule has 1 heterocycles. The molecule has 0 fully saturated rings. The van der Waals surface area contributed by atoms with Crippen molar-refractivity contribution in [2.24, 2.45) is 0 Å². The van der Waals surface area contributed by atoms with Crippen molar-refractivity contribution >= 4 is 23.4 Å². The monoisotopic (exact) mass is 312 g/mol. The van der Waals surface area contributed by atoms with E-state index in [-0.39, 0.29) is 10.6 Å². The molecule has 2 aromatic rings. The molecule has 0 amide bonds. The fraction of sp³-hybridized carbons (Fsp3) is 0. The molecule has 0 aliphatic carbocycles. The molecular formula is C12H6F2N2O4S. The number of carbonyl (C=O) groups is 1. The molecule has 1 aromatic heterocycles. The maximum absolute atomic E-state index is 13.7. The third-order valence-electron chi connectivity index (χ3n) is 2.38. The third kappa shape index (κ3) is 3.31. The van der Waals surface area contributed by atoms with Crippen LogP contribution in [0.15, 0.2) is 40.4 Å². The smallest absolute Gasteiger partial charge is 0.337 e. The lowest BCUT2D eigenvalue weighted by Gasteiger charge is -2.04. The Morgan fingerprint density at radius 3 is 2.33 bits per heavy atom. The fourth-order valence-electron chi connectivity index (χ4n) is 1.42. The van der Waals surface area contributed by atoms with Crippen LogP contribution in [-0.2, 0) is 0 Å². The number of carboxylic acid groups (broad SMARTS) is 1. The minimum Gasteiger partial charge on any atom is -0.478 e. The summed E-state index contributed by atoms with van der Waals surface area (Å²) in [7, 11) is 0.